The van der Waals surface area contributed by atoms with Crippen molar-refractivity contribution in [2.75, 3.05) is 21.3 Å². The van der Waals surface area contributed by atoms with Gasteiger partial charge >= 0.3 is 8.80 Å². The van der Waals surface area contributed by atoms with E-state index in [9.17, 15) is 0 Å². The molecule has 0 aromatic heterocycles. The maximum Gasteiger partial charge on any atom is 0.500 e. The van der Waals surface area contributed by atoms with Gasteiger partial charge in [0.05, 0.1) is 0 Å². The second-order valence-electron chi connectivity index (χ2n) is 3.07. The van der Waals surface area contributed by atoms with Gasteiger partial charge in [-0.1, -0.05) is 6.08 Å². The zero-order chi connectivity index (χ0) is 11.7. The Morgan fingerprint density at radius 1 is 1.27 bits per heavy atom. The van der Waals surface area contributed by atoms with Crippen molar-refractivity contribution in [3.05, 3.63) is 12.7 Å². The first-order valence-electron chi connectivity index (χ1n) is 4.76. The Balaban J connectivity index is 3.94. The Bertz CT molecular complexity index is 164. The van der Waals surface area contributed by atoms with Crippen LogP contribution in [0.1, 0.15) is 12.8 Å². The van der Waals surface area contributed by atoms with Crippen LogP contribution >= 0.6 is 0 Å². The fraction of sp³-hybridized carbons (Fsp3) is 0.778. The van der Waals surface area contributed by atoms with E-state index in [-0.39, 0.29) is 6.10 Å². The van der Waals surface area contributed by atoms with Gasteiger partial charge in [0.15, 0.2) is 0 Å². The molecule has 1 N–H and O–H groups in total. The number of rotatable bonds is 9. The van der Waals surface area contributed by atoms with Crippen molar-refractivity contribution in [2.45, 2.75) is 25.0 Å². The summed E-state index contributed by atoms with van der Waals surface area (Å²) < 4.78 is 15.8. The van der Waals surface area contributed by atoms with Gasteiger partial charge in [-0.05, 0) is 12.8 Å². The molecule has 0 aliphatic heterocycles. The Morgan fingerprint density at radius 2 is 1.80 bits per heavy atom. The average molecular weight is 236 g/mol. The third-order valence-corrected chi connectivity index (χ3v) is 5.13. The summed E-state index contributed by atoms with van der Waals surface area (Å²) in [5.74, 6) is 0. The lowest BCUT2D eigenvalue weighted by atomic mass is 10.2. The van der Waals surface area contributed by atoms with Gasteiger partial charge in [-0.3, -0.25) is 5.26 Å². The lowest BCUT2D eigenvalue weighted by molar-refractivity contribution is -0.266. The molecule has 0 aliphatic rings. The van der Waals surface area contributed by atoms with Crippen LogP contribution in [0, 0.1) is 0 Å². The molecular weight excluding hydrogens is 216 g/mol. The Kier molecular flexibility index (Phi) is 7.84. The van der Waals surface area contributed by atoms with E-state index in [1.165, 1.54) is 0 Å². The van der Waals surface area contributed by atoms with E-state index in [1.54, 1.807) is 27.4 Å². The van der Waals surface area contributed by atoms with Gasteiger partial charge in [0.1, 0.15) is 6.10 Å². The predicted molar refractivity (Wildman–Crippen MR) is 58.5 cm³/mol. The van der Waals surface area contributed by atoms with Crippen molar-refractivity contribution >= 4 is 8.80 Å². The SMILES string of the molecule is C=CC(CCC[Si](OC)(OC)OC)OO. The van der Waals surface area contributed by atoms with Crippen LogP contribution in [0.3, 0.4) is 0 Å². The van der Waals surface area contributed by atoms with Gasteiger partial charge < -0.3 is 13.3 Å². The van der Waals surface area contributed by atoms with Gasteiger partial charge in [0, 0.05) is 27.4 Å². The van der Waals surface area contributed by atoms with E-state index in [0.29, 0.717) is 12.5 Å². The molecule has 0 radical (unpaired) electrons. The van der Waals surface area contributed by atoms with Crippen LogP contribution in [-0.2, 0) is 18.2 Å². The summed E-state index contributed by atoms with van der Waals surface area (Å²) >= 11 is 0. The summed E-state index contributed by atoms with van der Waals surface area (Å²) in [4.78, 5) is 4.19. The molecule has 90 valence electrons. The quantitative estimate of drug-likeness (QED) is 0.286. The van der Waals surface area contributed by atoms with E-state index in [0.717, 1.165) is 6.42 Å². The largest absolute Gasteiger partial charge is 0.500 e. The van der Waals surface area contributed by atoms with Crippen molar-refractivity contribution in [1.29, 1.82) is 0 Å². The summed E-state index contributed by atoms with van der Waals surface area (Å²) in [7, 11) is 2.25. The molecule has 0 amide bonds. The minimum atomic E-state index is -2.48. The van der Waals surface area contributed by atoms with E-state index in [2.05, 4.69) is 11.5 Å². The molecule has 1 unspecified atom stereocenters. The molecule has 0 aromatic carbocycles. The molecule has 0 aromatic rings. The van der Waals surface area contributed by atoms with Gasteiger partial charge in [-0.25, -0.2) is 4.89 Å². The second kappa shape index (κ2) is 7.97. The average Bonchev–Trinajstić information content (AvgIpc) is 2.31. The molecule has 0 saturated carbocycles. The molecule has 0 heterocycles. The maximum absolute atomic E-state index is 8.47. The number of hydrogen-bond acceptors (Lipinski definition) is 5. The highest BCUT2D eigenvalue weighted by Crippen LogP contribution is 2.17. The van der Waals surface area contributed by atoms with E-state index in [4.69, 9.17) is 18.5 Å². The highest BCUT2D eigenvalue weighted by Gasteiger charge is 2.37. The topological polar surface area (TPSA) is 57.2 Å². The van der Waals surface area contributed by atoms with Crippen molar-refractivity contribution in [3.63, 3.8) is 0 Å². The van der Waals surface area contributed by atoms with Crippen molar-refractivity contribution in [1.82, 2.24) is 0 Å². The van der Waals surface area contributed by atoms with Crippen LogP contribution in [0.2, 0.25) is 6.04 Å². The summed E-state index contributed by atoms with van der Waals surface area (Å²) in [6, 6.07) is 0.685. The van der Waals surface area contributed by atoms with Gasteiger partial charge in [0.25, 0.3) is 0 Å². The van der Waals surface area contributed by atoms with Crippen molar-refractivity contribution in [2.24, 2.45) is 0 Å². The molecular formula is C9H20O5Si. The minimum Gasteiger partial charge on any atom is -0.377 e. The fourth-order valence-corrected chi connectivity index (χ4v) is 3.04. The van der Waals surface area contributed by atoms with Crippen LogP contribution in [0.25, 0.3) is 0 Å². The fourth-order valence-electron chi connectivity index (χ4n) is 1.29. The molecule has 0 aliphatic carbocycles. The summed E-state index contributed by atoms with van der Waals surface area (Å²) in [6.07, 6.45) is 2.64. The van der Waals surface area contributed by atoms with E-state index < -0.39 is 8.80 Å². The Hall–Kier alpha value is -0.243. The highest BCUT2D eigenvalue weighted by molar-refractivity contribution is 6.60. The summed E-state index contributed by atoms with van der Waals surface area (Å²) in [6.45, 7) is 3.54. The first-order valence-corrected chi connectivity index (χ1v) is 6.69. The van der Waals surface area contributed by atoms with Crippen LogP contribution in [0.5, 0.6) is 0 Å². The Labute approximate surface area is 91.9 Å². The second-order valence-corrected chi connectivity index (χ2v) is 6.16. The first-order chi connectivity index (χ1) is 7.17. The first kappa shape index (κ1) is 14.8. The molecule has 0 rings (SSSR count). The minimum absolute atomic E-state index is 0.345. The standard InChI is InChI=1S/C9H20O5Si/c1-5-9(14-10)7-6-8-15(11-2,12-3)13-4/h5,9-10H,1,6-8H2,2-4H3. The van der Waals surface area contributed by atoms with E-state index >= 15 is 0 Å². The molecule has 6 heteroatoms. The number of hydrogen-bond donors (Lipinski definition) is 1. The third kappa shape index (κ3) is 4.87. The molecule has 15 heavy (non-hydrogen) atoms. The van der Waals surface area contributed by atoms with Crippen LogP contribution < -0.4 is 0 Å². The zero-order valence-corrected chi connectivity index (χ0v) is 10.6. The summed E-state index contributed by atoms with van der Waals surface area (Å²) in [5, 5.41) is 8.47. The Morgan fingerprint density at radius 3 is 2.13 bits per heavy atom. The monoisotopic (exact) mass is 236 g/mol. The van der Waals surface area contributed by atoms with Gasteiger partial charge in [-0.15, -0.1) is 6.58 Å². The third-order valence-electron chi connectivity index (χ3n) is 2.30. The van der Waals surface area contributed by atoms with E-state index in [1.807, 2.05) is 0 Å². The molecule has 5 nitrogen and oxygen atoms in total. The zero-order valence-electron chi connectivity index (χ0n) is 9.56. The molecule has 0 spiro atoms. The maximum atomic E-state index is 8.47. The predicted octanol–water partition coefficient (Wildman–Crippen LogP) is 1.69. The molecule has 0 fully saturated rings. The lowest BCUT2D eigenvalue weighted by Crippen LogP contribution is -2.42. The van der Waals surface area contributed by atoms with Gasteiger partial charge in [0.2, 0.25) is 0 Å². The highest BCUT2D eigenvalue weighted by atomic mass is 28.4. The van der Waals surface area contributed by atoms with Crippen LogP contribution in [0.4, 0.5) is 0 Å². The lowest BCUT2D eigenvalue weighted by Gasteiger charge is -2.24. The van der Waals surface area contributed by atoms with Crippen molar-refractivity contribution < 1.29 is 23.4 Å². The summed E-state index contributed by atoms with van der Waals surface area (Å²) in [5.41, 5.74) is 0. The van der Waals surface area contributed by atoms with Crippen LogP contribution in [0.15, 0.2) is 12.7 Å². The molecule has 0 saturated heterocycles. The van der Waals surface area contributed by atoms with Crippen LogP contribution in [-0.4, -0.2) is 41.5 Å². The van der Waals surface area contributed by atoms with Gasteiger partial charge in [-0.2, -0.15) is 0 Å². The molecule has 0 bridgehead atoms. The molecule has 1 atom stereocenters. The van der Waals surface area contributed by atoms with Crippen molar-refractivity contribution in [3.8, 4) is 0 Å². The smallest absolute Gasteiger partial charge is 0.377 e. The normalized spacial score (nSPS) is 13.9.